The molecule has 2 aromatic carbocycles. The Morgan fingerprint density at radius 3 is 2.57 bits per heavy atom. The van der Waals surface area contributed by atoms with Crippen molar-refractivity contribution in [1.29, 1.82) is 0 Å². The van der Waals surface area contributed by atoms with E-state index in [4.69, 9.17) is 25.8 Å². The molecule has 0 saturated heterocycles. The molecule has 28 heavy (non-hydrogen) atoms. The van der Waals surface area contributed by atoms with Gasteiger partial charge in [-0.3, -0.25) is 4.79 Å². The van der Waals surface area contributed by atoms with E-state index in [0.29, 0.717) is 23.1 Å². The van der Waals surface area contributed by atoms with Crippen LogP contribution in [0.25, 0.3) is 0 Å². The first-order chi connectivity index (χ1) is 13.7. The first kappa shape index (κ1) is 18.2. The van der Waals surface area contributed by atoms with E-state index < -0.39 is 6.04 Å². The minimum absolute atomic E-state index is 0.114. The Labute approximate surface area is 167 Å². The summed E-state index contributed by atoms with van der Waals surface area (Å²) >= 11 is 6.38. The molecule has 2 heterocycles. The largest absolute Gasteiger partial charge is 0.489 e. The zero-order valence-corrected chi connectivity index (χ0v) is 15.7. The van der Waals surface area contributed by atoms with Crippen molar-refractivity contribution in [2.24, 2.45) is 0 Å². The van der Waals surface area contributed by atoms with Crippen LogP contribution in [0.3, 0.4) is 0 Å². The molecule has 142 valence electrons. The number of hydrogen-bond donors (Lipinski definition) is 0. The van der Waals surface area contributed by atoms with E-state index in [1.54, 1.807) is 22.9 Å². The minimum atomic E-state index is -0.521. The third kappa shape index (κ3) is 3.89. The minimum Gasteiger partial charge on any atom is -0.489 e. The highest BCUT2D eigenvalue weighted by Crippen LogP contribution is 2.33. The van der Waals surface area contributed by atoms with Crippen LogP contribution in [-0.2, 0) is 16.1 Å². The summed E-state index contributed by atoms with van der Waals surface area (Å²) in [6.07, 6.45) is 3.19. The van der Waals surface area contributed by atoms with Gasteiger partial charge in [0.2, 0.25) is 6.79 Å². The van der Waals surface area contributed by atoms with E-state index in [0.717, 1.165) is 11.1 Å². The lowest BCUT2D eigenvalue weighted by atomic mass is 10.0. The number of benzene rings is 2. The Morgan fingerprint density at radius 2 is 1.86 bits per heavy atom. The first-order valence-electron chi connectivity index (χ1n) is 8.80. The molecule has 0 fully saturated rings. The van der Waals surface area contributed by atoms with Crippen LogP contribution < -0.4 is 10.3 Å². The molecule has 0 bridgehead atoms. The SMILES string of the molecule is O=c1cc(OCc2ccccc2)ccn1C(C1=COCO1)c1ccccc1Cl. The molecule has 6 heteroatoms. The number of ether oxygens (including phenoxy) is 3. The number of hydrogen-bond acceptors (Lipinski definition) is 4. The average Bonchev–Trinajstić information content (AvgIpc) is 3.25. The van der Waals surface area contributed by atoms with Crippen molar-refractivity contribution in [2.75, 3.05) is 6.79 Å². The Morgan fingerprint density at radius 1 is 1.07 bits per heavy atom. The summed E-state index contributed by atoms with van der Waals surface area (Å²) in [5.41, 5.74) is 1.55. The van der Waals surface area contributed by atoms with Gasteiger partial charge in [0.05, 0.1) is 0 Å². The predicted molar refractivity (Wildman–Crippen MR) is 106 cm³/mol. The summed E-state index contributed by atoms with van der Waals surface area (Å²) in [6, 6.07) is 19.8. The highest BCUT2D eigenvalue weighted by Gasteiger charge is 2.26. The monoisotopic (exact) mass is 395 g/mol. The van der Waals surface area contributed by atoms with Crippen molar-refractivity contribution in [3.8, 4) is 5.75 Å². The van der Waals surface area contributed by atoms with Crippen LogP contribution in [0.15, 0.2) is 89.7 Å². The summed E-state index contributed by atoms with van der Waals surface area (Å²) in [4.78, 5) is 12.9. The summed E-state index contributed by atoms with van der Waals surface area (Å²) < 4.78 is 18.1. The standard InChI is InChI=1S/C22H18ClNO4/c23-19-9-5-4-8-18(19)22(20-14-26-15-28-20)24-11-10-17(12-21(24)25)27-13-16-6-2-1-3-7-16/h1-12,14,22H,13,15H2. The second-order valence-electron chi connectivity index (χ2n) is 6.26. The summed E-state index contributed by atoms with van der Waals surface area (Å²) in [5.74, 6) is 1.02. The average molecular weight is 396 g/mol. The lowest BCUT2D eigenvalue weighted by Gasteiger charge is -2.21. The van der Waals surface area contributed by atoms with Gasteiger partial charge in [-0.1, -0.05) is 60.1 Å². The molecule has 1 atom stereocenters. The maximum Gasteiger partial charge on any atom is 0.255 e. The molecule has 0 spiro atoms. The lowest BCUT2D eigenvalue weighted by Crippen LogP contribution is -2.26. The molecule has 0 radical (unpaired) electrons. The van der Waals surface area contributed by atoms with Crippen LogP contribution in [0.4, 0.5) is 0 Å². The van der Waals surface area contributed by atoms with Crippen molar-refractivity contribution in [2.45, 2.75) is 12.6 Å². The van der Waals surface area contributed by atoms with E-state index in [1.807, 2.05) is 48.5 Å². The van der Waals surface area contributed by atoms with E-state index in [1.165, 1.54) is 12.3 Å². The van der Waals surface area contributed by atoms with Gasteiger partial charge in [-0.2, -0.15) is 0 Å². The normalized spacial score (nSPS) is 14.0. The summed E-state index contributed by atoms with van der Waals surface area (Å²) in [5, 5.41) is 0.542. The molecule has 0 aliphatic carbocycles. The topological polar surface area (TPSA) is 49.7 Å². The molecule has 5 nitrogen and oxygen atoms in total. The van der Waals surface area contributed by atoms with Crippen molar-refractivity contribution < 1.29 is 14.2 Å². The smallest absolute Gasteiger partial charge is 0.255 e. The van der Waals surface area contributed by atoms with Gasteiger partial charge < -0.3 is 18.8 Å². The molecule has 1 unspecified atom stereocenters. The van der Waals surface area contributed by atoms with Gasteiger partial charge in [-0.05, 0) is 17.7 Å². The molecule has 4 rings (SSSR count). The molecule has 0 N–H and O–H groups in total. The van der Waals surface area contributed by atoms with E-state index >= 15 is 0 Å². The van der Waals surface area contributed by atoms with Crippen LogP contribution in [0, 0.1) is 0 Å². The Balaban J connectivity index is 1.64. The van der Waals surface area contributed by atoms with Crippen LogP contribution in [0.1, 0.15) is 17.2 Å². The van der Waals surface area contributed by atoms with Gasteiger partial charge in [-0.15, -0.1) is 0 Å². The second-order valence-corrected chi connectivity index (χ2v) is 6.66. The number of nitrogens with zero attached hydrogens (tertiary/aromatic N) is 1. The third-order valence-corrected chi connectivity index (χ3v) is 4.75. The molecule has 0 amide bonds. The van der Waals surface area contributed by atoms with Crippen LogP contribution in [-0.4, -0.2) is 11.4 Å². The molecule has 1 aliphatic rings. The molecular formula is C22H18ClNO4. The van der Waals surface area contributed by atoms with Gasteiger partial charge in [-0.25, -0.2) is 0 Å². The number of allylic oxidation sites excluding steroid dienone is 1. The molecule has 0 saturated carbocycles. The maximum absolute atomic E-state index is 12.9. The van der Waals surface area contributed by atoms with Crippen LogP contribution in [0.2, 0.25) is 5.02 Å². The predicted octanol–water partition coefficient (Wildman–Crippen LogP) is 4.52. The van der Waals surface area contributed by atoms with Crippen molar-refractivity contribution in [3.63, 3.8) is 0 Å². The Hall–Kier alpha value is -3.18. The fraction of sp³-hybridized carbons (Fsp3) is 0.136. The van der Waals surface area contributed by atoms with Gasteiger partial charge in [0.15, 0.2) is 5.76 Å². The molecular weight excluding hydrogens is 378 g/mol. The van der Waals surface area contributed by atoms with E-state index in [-0.39, 0.29) is 12.4 Å². The molecule has 1 aromatic heterocycles. The highest BCUT2D eigenvalue weighted by atomic mass is 35.5. The highest BCUT2D eigenvalue weighted by molar-refractivity contribution is 6.31. The van der Waals surface area contributed by atoms with Crippen LogP contribution >= 0.6 is 11.6 Å². The molecule has 3 aromatic rings. The second kappa shape index (κ2) is 8.23. The van der Waals surface area contributed by atoms with Gasteiger partial charge >= 0.3 is 0 Å². The van der Waals surface area contributed by atoms with Gasteiger partial charge in [0.1, 0.15) is 24.7 Å². The fourth-order valence-electron chi connectivity index (χ4n) is 3.05. The Kier molecular flexibility index (Phi) is 5.35. The van der Waals surface area contributed by atoms with Crippen molar-refractivity contribution in [1.82, 2.24) is 4.57 Å². The quantitative estimate of drug-likeness (QED) is 0.616. The number of pyridine rings is 1. The van der Waals surface area contributed by atoms with Gasteiger partial charge in [0.25, 0.3) is 5.56 Å². The molecule has 1 aliphatic heterocycles. The van der Waals surface area contributed by atoms with Crippen molar-refractivity contribution in [3.05, 3.63) is 111 Å². The van der Waals surface area contributed by atoms with Crippen molar-refractivity contribution >= 4 is 11.6 Å². The van der Waals surface area contributed by atoms with E-state index in [2.05, 4.69) is 0 Å². The lowest BCUT2D eigenvalue weighted by molar-refractivity contribution is 0.0735. The van der Waals surface area contributed by atoms with Gasteiger partial charge in [0, 0.05) is 22.8 Å². The number of halogens is 1. The third-order valence-electron chi connectivity index (χ3n) is 4.41. The zero-order chi connectivity index (χ0) is 19.3. The fourth-order valence-corrected chi connectivity index (χ4v) is 3.29. The maximum atomic E-state index is 12.9. The summed E-state index contributed by atoms with van der Waals surface area (Å²) in [7, 11) is 0. The van der Waals surface area contributed by atoms with Crippen LogP contribution in [0.5, 0.6) is 5.75 Å². The zero-order valence-electron chi connectivity index (χ0n) is 15.0. The van der Waals surface area contributed by atoms with E-state index in [9.17, 15) is 4.79 Å². The summed E-state index contributed by atoms with van der Waals surface area (Å²) in [6.45, 7) is 0.504. The number of aromatic nitrogens is 1. The number of rotatable bonds is 6. The Bertz CT molecular complexity index is 1050. The first-order valence-corrected chi connectivity index (χ1v) is 9.18.